The molecule has 2 aliphatic rings. The zero-order valence-electron chi connectivity index (χ0n) is 16.4. The van der Waals surface area contributed by atoms with Crippen LogP contribution in [0.3, 0.4) is 0 Å². The summed E-state index contributed by atoms with van der Waals surface area (Å²) in [6.45, 7) is 1.61. The van der Waals surface area contributed by atoms with Crippen LogP contribution < -0.4 is 10.2 Å². The van der Waals surface area contributed by atoms with Gasteiger partial charge >= 0.3 is 0 Å². The zero-order valence-corrected chi connectivity index (χ0v) is 16.4. The molecule has 5 heteroatoms. The van der Waals surface area contributed by atoms with Gasteiger partial charge in [0.1, 0.15) is 11.4 Å². The number of rotatable bonds is 4. The minimum Gasteiger partial charge on any atom is -0.378 e. The molecule has 0 unspecified atom stereocenters. The monoisotopic (exact) mass is 375 g/mol. The van der Waals surface area contributed by atoms with E-state index in [1.54, 1.807) is 18.2 Å². The molecule has 144 valence electrons. The Balaban J connectivity index is 1.76. The Morgan fingerprint density at radius 2 is 1.43 bits per heavy atom. The number of anilines is 2. The number of benzene rings is 2. The molecule has 4 rings (SSSR count). The highest BCUT2D eigenvalue weighted by Gasteiger charge is 2.35. The van der Waals surface area contributed by atoms with Crippen molar-refractivity contribution in [1.82, 2.24) is 4.90 Å². The fourth-order valence-corrected chi connectivity index (χ4v) is 3.88. The second kappa shape index (κ2) is 7.50. The number of nitrogens with one attached hydrogen (secondary N) is 1. The summed E-state index contributed by atoms with van der Waals surface area (Å²) in [7, 11) is 3.97. The average Bonchev–Trinajstić information content (AvgIpc) is 2.73. The molecule has 1 saturated heterocycles. The normalized spacial score (nSPS) is 16.9. The van der Waals surface area contributed by atoms with Crippen LogP contribution in [0.5, 0.6) is 0 Å². The van der Waals surface area contributed by atoms with Gasteiger partial charge in [0.25, 0.3) is 0 Å². The van der Waals surface area contributed by atoms with Crippen LogP contribution in [0, 0.1) is 0 Å². The number of piperidine rings is 1. The molecular formula is C23H25N3O2. The summed E-state index contributed by atoms with van der Waals surface area (Å²) in [6.07, 6.45) is 3.24. The van der Waals surface area contributed by atoms with Gasteiger partial charge in [-0.15, -0.1) is 0 Å². The minimum atomic E-state index is -0.118. The summed E-state index contributed by atoms with van der Waals surface area (Å²) in [4.78, 5) is 30.7. The minimum absolute atomic E-state index is 0.0653. The zero-order chi connectivity index (χ0) is 19.7. The van der Waals surface area contributed by atoms with Crippen molar-refractivity contribution in [3.63, 3.8) is 0 Å². The first-order valence-corrected chi connectivity index (χ1v) is 9.78. The van der Waals surface area contributed by atoms with E-state index in [2.05, 4.69) is 10.2 Å². The van der Waals surface area contributed by atoms with Gasteiger partial charge in [0, 0.05) is 49.7 Å². The van der Waals surface area contributed by atoms with Crippen molar-refractivity contribution in [1.29, 1.82) is 0 Å². The van der Waals surface area contributed by atoms with E-state index in [1.165, 1.54) is 0 Å². The molecule has 2 aromatic carbocycles. The van der Waals surface area contributed by atoms with Gasteiger partial charge < -0.3 is 15.1 Å². The van der Waals surface area contributed by atoms with Crippen LogP contribution in [-0.4, -0.2) is 43.7 Å². The van der Waals surface area contributed by atoms with Crippen molar-refractivity contribution >= 4 is 22.9 Å². The molecule has 1 heterocycles. The van der Waals surface area contributed by atoms with E-state index in [1.807, 2.05) is 49.3 Å². The number of nitrogens with zero attached hydrogens (tertiary/aromatic N) is 2. The molecule has 1 fully saturated rings. The molecule has 1 aliphatic carbocycles. The molecule has 1 aliphatic heterocycles. The van der Waals surface area contributed by atoms with Crippen LogP contribution in [-0.2, 0) is 0 Å². The smallest absolute Gasteiger partial charge is 0.212 e. The summed E-state index contributed by atoms with van der Waals surface area (Å²) in [5, 5.41) is 3.26. The summed E-state index contributed by atoms with van der Waals surface area (Å²) in [5.41, 5.74) is 3.76. The Kier molecular flexibility index (Phi) is 4.90. The molecule has 0 atom stereocenters. The largest absolute Gasteiger partial charge is 0.378 e. The fourth-order valence-electron chi connectivity index (χ4n) is 3.88. The van der Waals surface area contributed by atoms with Crippen molar-refractivity contribution in [2.45, 2.75) is 19.3 Å². The molecule has 2 aromatic rings. The third-order valence-corrected chi connectivity index (χ3v) is 5.42. The van der Waals surface area contributed by atoms with Crippen molar-refractivity contribution < 1.29 is 9.59 Å². The summed E-state index contributed by atoms with van der Waals surface area (Å²) in [5.74, 6) is -0.183. The highest BCUT2D eigenvalue weighted by Crippen LogP contribution is 2.31. The van der Waals surface area contributed by atoms with E-state index in [4.69, 9.17) is 0 Å². The number of Topliss-reactive ketones (excluding diaryl/α,β-unsaturated/α-hetero) is 2. The van der Waals surface area contributed by atoms with Gasteiger partial charge in [0.05, 0.1) is 0 Å². The summed E-state index contributed by atoms with van der Waals surface area (Å²) in [6, 6.07) is 15.0. The topological polar surface area (TPSA) is 52.6 Å². The summed E-state index contributed by atoms with van der Waals surface area (Å²) >= 11 is 0. The molecule has 5 nitrogen and oxygen atoms in total. The Labute approximate surface area is 165 Å². The van der Waals surface area contributed by atoms with E-state index in [9.17, 15) is 9.59 Å². The second-order valence-electron chi connectivity index (χ2n) is 7.54. The first-order chi connectivity index (χ1) is 13.6. The molecular weight excluding hydrogens is 350 g/mol. The van der Waals surface area contributed by atoms with E-state index >= 15 is 0 Å². The number of ketones is 2. The first-order valence-electron chi connectivity index (χ1n) is 9.78. The highest BCUT2D eigenvalue weighted by molar-refractivity contribution is 6.27. The number of fused-ring (bicyclic) bond motifs is 1. The molecule has 0 radical (unpaired) electrons. The van der Waals surface area contributed by atoms with Gasteiger partial charge in [-0.1, -0.05) is 24.3 Å². The third-order valence-electron chi connectivity index (χ3n) is 5.42. The fraction of sp³-hybridized carbons (Fsp3) is 0.304. The Morgan fingerprint density at radius 3 is 2.04 bits per heavy atom. The number of allylic oxidation sites excluding steroid dienone is 2. The SMILES string of the molecule is CN(C)c1ccc(NC2=C(N3CCCCC3)C(=O)c3ccccc3C2=O)cc1. The maximum Gasteiger partial charge on any atom is 0.212 e. The summed E-state index contributed by atoms with van der Waals surface area (Å²) < 4.78 is 0. The van der Waals surface area contributed by atoms with E-state index in [0.29, 0.717) is 22.5 Å². The highest BCUT2D eigenvalue weighted by atomic mass is 16.1. The predicted octanol–water partition coefficient (Wildman–Crippen LogP) is 3.94. The van der Waals surface area contributed by atoms with Gasteiger partial charge in [-0.2, -0.15) is 0 Å². The number of carbonyl (C=O) groups is 2. The van der Waals surface area contributed by atoms with E-state index < -0.39 is 0 Å². The molecule has 0 aromatic heterocycles. The Hall–Kier alpha value is -3.08. The standard InChI is InChI=1S/C23H25N3O2/c1-25(2)17-12-10-16(11-13-17)24-20-21(26-14-6-3-7-15-26)23(28)19-9-5-4-8-18(19)22(20)27/h4-5,8-13,24H,3,6-7,14-15H2,1-2H3. The van der Waals surface area contributed by atoms with Gasteiger partial charge in [-0.25, -0.2) is 0 Å². The van der Waals surface area contributed by atoms with Crippen LogP contribution in [0.4, 0.5) is 11.4 Å². The van der Waals surface area contributed by atoms with Crippen LogP contribution in [0.15, 0.2) is 59.9 Å². The lowest BCUT2D eigenvalue weighted by atomic mass is 9.89. The molecule has 1 N–H and O–H groups in total. The van der Waals surface area contributed by atoms with Crippen molar-refractivity contribution in [2.75, 3.05) is 37.4 Å². The van der Waals surface area contributed by atoms with Gasteiger partial charge in [-0.05, 0) is 43.5 Å². The third kappa shape index (κ3) is 3.28. The Morgan fingerprint density at radius 1 is 0.821 bits per heavy atom. The molecule has 0 amide bonds. The quantitative estimate of drug-likeness (QED) is 0.877. The number of carbonyl (C=O) groups excluding carboxylic acids is 2. The van der Waals surface area contributed by atoms with Crippen LogP contribution in [0.1, 0.15) is 40.0 Å². The lowest BCUT2D eigenvalue weighted by Gasteiger charge is -2.34. The molecule has 0 saturated carbocycles. The second-order valence-corrected chi connectivity index (χ2v) is 7.54. The van der Waals surface area contributed by atoms with Crippen molar-refractivity contribution in [2.24, 2.45) is 0 Å². The number of hydrogen-bond donors (Lipinski definition) is 1. The maximum absolute atomic E-state index is 13.3. The number of likely N-dealkylation sites (tertiary alicyclic amines) is 1. The van der Waals surface area contributed by atoms with Crippen LogP contribution >= 0.6 is 0 Å². The van der Waals surface area contributed by atoms with Crippen LogP contribution in [0.25, 0.3) is 0 Å². The van der Waals surface area contributed by atoms with E-state index in [-0.39, 0.29) is 11.6 Å². The Bertz CT molecular complexity index is 939. The predicted molar refractivity (Wildman–Crippen MR) is 112 cm³/mol. The molecule has 0 bridgehead atoms. The lowest BCUT2D eigenvalue weighted by Crippen LogP contribution is -2.39. The van der Waals surface area contributed by atoms with Crippen molar-refractivity contribution in [3.8, 4) is 0 Å². The maximum atomic E-state index is 13.3. The average molecular weight is 375 g/mol. The van der Waals surface area contributed by atoms with Gasteiger partial charge in [0.15, 0.2) is 0 Å². The molecule has 0 spiro atoms. The number of hydrogen-bond acceptors (Lipinski definition) is 5. The lowest BCUT2D eigenvalue weighted by molar-refractivity contribution is 0.0935. The van der Waals surface area contributed by atoms with Crippen LogP contribution in [0.2, 0.25) is 0 Å². The van der Waals surface area contributed by atoms with Crippen molar-refractivity contribution in [3.05, 3.63) is 71.1 Å². The van der Waals surface area contributed by atoms with E-state index in [0.717, 1.165) is 43.7 Å². The van der Waals surface area contributed by atoms with Gasteiger partial charge in [-0.3, -0.25) is 9.59 Å². The first kappa shape index (κ1) is 18.3. The molecule has 28 heavy (non-hydrogen) atoms. The van der Waals surface area contributed by atoms with Gasteiger partial charge in [0.2, 0.25) is 11.6 Å².